The quantitative estimate of drug-likeness (QED) is 0.365. The van der Waals surface area contributed by atoms with Gasteiger partial charge < -0.3 is 19.9 Å². The Labute approximate surface area is 167 Å². The van der Waals surface area contributed by atoms with E-state index in [1.165, 1.54) is 7.11 Å². The minimum atomic E-state index is -0.445. The molecular formula is C19H20ClN3O5. The molecule has 0 aliphatic carbocycles. The first-order valence-corrected chi connectivity index (χ1v) is 8.27. The summed E-state index contributed by atoms with van der Waals surface area (Å²) in [6.45, 7) is 1.84. The fourth-order valence-corrected chi connectivity index (χ4v) is 2.56. The molecule has 0 atom stereocenters. The number of nitrogens with zero attached hydrogens (tertiary/aromatic N) is 2. The Morgan fingerprint density at radius 3 is 2.71 bits per heavy atom. The van der Waals surface area contributed by atoms with Gasteiger partial charge in [0.15, 0.2) is 12.4 Å². The number of benzene rings is 1. The van der Waals surface area contributed by atoms with Crippen LogP contribution in [0, 0.1) is 0 Å². The van der Waals surface area contributed by atoms with Gasteiger partial charge in [0.2, 0.25) is 5.78 Å². The maximum atomic E-state index is 12.8. The van der Waals surface area contributed by atoms with Gasteiger partial charge in [-0.3, -0.25) is 9.20 Å². The lowest BCUT2D eigenvalue weighted by atomic mass is 10.1. The number of anilines is 1. The number of halogens is 1. The van der Waals surface area contributed by atoms with E-state index in [2.05, 4.69) is 4.98 Å². The molecule has 9 heteroatoms. The van der Waals surface area contributed by atoms with Gasteiger partial charge in [0, 0.05) is 17.8 Å². The predicted octanol–water partition coefficient (Wildman–Crippen LogP) is 2.52. The number of carbonyl (C=O) groups is 2. The van der Waals surface area contributed by atoms with Crippen molar-refractivity contribution >= 4 is 35.4 Å². The number of carbonyl (C=O) groups excluding carboxylic acids is 2. The molecule has 0 amide bonds. The van der Waals surface area contributed by atoms with Crippen LogP contribution in [0.1, 0.15) is 23.1 Å². The first-order valence-electron chi connectivity index (χ1n) is 8.27. The van der Waals surface area contributed by atoms with Crippen LogP contribution in [0.2, 0.25) is 0 Å². The van der Waals surface area contributed by atoms with Crippen LogP contribution in [-0.4, -0.2) is 41.5 Å². The Morgan fingerprint density at radius 2 is 2.00 bits per heavy atom. The van der Waals surface area contributed by atoms with Gasteiger partial charge in [-0.05, 0) is 31.2 Å². The van der Waals surface area contributed by atoms with E-state index in [-0.39, 0.29) is 30.6 Å². The maximum Gasteiger partial charge on any atom is 0.344 e. The molecule has 0 fully saturated rings. The molecule has 0 saturated carbocycles. The standard InChI is InChI=1S/C19H19N3O5.ClH/c1-3-26-17(23)11-27-14-6-7-22-13(9-14)10-21-19(22)18(24)12-4-5-15(20)16(8-12)25-2;/h4-10H,3,11,20H2,1-2H3;1H. The number of esters is 1. The second-order valence-corrected chi connectivity index (χ2v) is 5.62. The predicted molar refractivity (Wildman–Crippen MR) is 105 cm³/mol. The molecule has 0 spiro atoms. The van der Waals surface area contributed by atoms with E-state index in [1.54, 1.807) is 54.0 Å². The van der Waals surface area contributed by atoms with Crippen molar-refractivity contribution < 1.29 is 23.8 Å². The van der Waals surface area contributed by atoms with Crippen molar-refractivity contribution in [3.8, 4) is 11.5 Å². The van der Waals surface area contributed by atoms with Gasteiger partial charge in [-0.1, -0.05) is 0 Å². The highest BCUT2D eigenvalue weighted by Crippen LogP contribution is 2.24. The van der Waals surface area contributed by atoms with E-state index < -0.39 is 5.97 Å². The fraction of sp³-hybridized carbons (Fsp3) is 0.211. The zero-order valence-corrected chi connectivity index (χ0v) is 16.2. The summed E-state index contributed by atoms with van der Waals surface area (Å²) >= 11 is 0. The Morgan fingerprint density at radius 1 is 1.21 bits per heavy atom. The molecule has 0 aliphatic heterocycles. The molecule has 1 aromatic carbocycles. The third-order valence-corrected chi connectivity index (χ3v) is 3.86. The number of hydrogen-bond acceptors (Lipinski definition) is 7. The highest BCUT2D eigenvalue weighted by atomic mass is 35.5. The smallest absolute Gasteiger partial charge is 0.344 e. The van der Waals surface area contributed by atoms with Crippen molar-refractivity contribution in [1.82, 2.24) is 9.38 Å². The lowest BCUT2D eigenvalue weighted by molar-refractivity contribution is -0.145. The highest BCUT2D eigenvalue weighted by Gasteiger charge is 2.17. The van der Waals surface area contributed by atoms with Crippen molar-refractivity contribution in [2.75, 3.05) is 26.1 Å². The van der Waals surface area contributed by atoms with Crippen molar-refractivity contribution in [1.29, 1.82) is 0 Å². The number of fused-ring (bicyclic) bond motifs is 1. The van der Waals surface area contributed by atoms with Crippen molar-refractivity contribution in [2.24, 2.45) is 0 Å². The number of pyridine rings is 1. The molecule has 2 heterocycles. The molecule has 3 rings (SSSR count). The number of hydrogen-bond donors (Lipinski definition) is 1. The van der Waals surface area contributed by atoms with Crippen LogP contribution < -0.4 is 15.2 Å². The summed E-state index contributed by atoms with van der Waals surface area (Å²) in [6, 6.07) is 8.15. The zero-order chi connectivity index (χ0) is 19.4. The van der Waals surface area contributed by atoms with Crippen LogP contribution >= 0.6 is 12.4 Å². The largest absolute Gasteiger partial charge is 0.495 e. The molecule has 2 N–H and O–H groups in total. The van der Waals surface area contributed by atoms with E-state index in [1.807, 2.05) is 0 Å². The van der Waals surface area contributed by atoms with Crippen LogP contribution in [0.3, 0.4) is 0 Å². The normalized spacial score (nSPS) is 10.2. The lowest BCUT2D eigenvalue weighted by Crippen LogP contribution is -2.14. The molecule has 0 unspecified atom stereocenters. The topological polar surface area (TPSA) is 105 Å². The minimum Gasteiger partial charge on any atom is -0.495 e. The third kappa shape index (κ3) is 4.34. The van der Waals surface area contributed by atoms with E-state index >= 15 is 0 Å². The first kappa shape index (κ1) is 21.0. The SMILES string of the molecule is CCOC(=O)COc1ccn2c(C(=O)c3ccc(N)c(OC)c3)ncc2c1.Cl. The molecule has 2 aromatic heterocycles. The summed E-state index contributed by atoms with van der Waals surface area (Å²) in [4.78, 5) is 28.4. The number of aromatic nitrogens is 2. The van der Waals surface area contributed by atoms with Gasteiger partial charge in [-0.15, -0.1) is 12.4 Å². The first-order chi connectivity index (χ1) is 13.0. The van der Waals surface area contributed by atoms with Crippen molar-refractivity contribution in [3.63, 3.8) is 0 Å². The Balaban J connectivity index is 0.00000280. The molecule has 8 nitrogen and oxygen atoms in total. The van der Waals surface area contributed by atoms with Gasteiger partial charge in [0.05, 0.1) is 31.1 Å². The number of rotatable bonds is 7. The van der Waals surface area contributed by atoms with Crippen molar-refractivity contribution in [2.45, 2.75) is 6.92 Å². The van der Waals surface area contributed by atoms with Gasteiger partial charge in [-0.25, -0.2) is 9.78 Å². The molecule has 0 radical (unpaired) electrons. The Kier molecular flexibility index (Phi) is 6.84. The van der Waals surface area contributed by atoms with Crippen LogP contribution in [0.5, 0.6) is 11.5 Å². The second-order valence-electron chi connectivity index (χ2n) is 5.62. The van der Waals surface area contributed by atoms with E-state index in [9.17, 15) is 9.59 Å². The van der Waals surface area contributed by atoms with Crippen LogP contribution in [0.25, 0.3) is 5.52 Å². The van der Waals surface area contributed by atoms with Crippen LogP contribution in [-0.2, 0) is 9.53 Å². The van der Waals surface area contributed by atoms with E-state index in [4.69, 9.17) is 19.9 Å². The monoisotopic (exact) mass is 405 g/mol. The molecule has 0 saturated heterocycles. The number of ketones is 1. The summed E-state index contributed by atoms with van der Waals surface area (Å²) < 4.78 is 17.0. The number of ether oxygens (including phenoxy) is 3. The Bertz CT molecular complexity index is 1000. The average molecular weight is 406 g/mol. The number of nitrogen functional groups attached to an aromatic ring is 1. The second kappa shape index (κ2) is 9.09. The van der Waals surface area contributed by atoms with Gasteiger partial charge in [0.1, 0.15) is 11.5 Å². The molecule has 28 heavy (non-hydrogen) atoms. The third-order valence-electron chi connectivity index (χ3n) is 3.86. The van der Waals surface area contributed by atoms with Gasteiger partial charge in [0.25, 0.3) is 0 Å². The molecule has 3 aromatic rings. The van der Waals surface area contributed by atoms with E-state index in [0.29, 0.717) is 34.9 Å². The number of nitrogens with two attached hydrogens (primary N) is 1. The van der Waals surface area contributed by atoms with Gasteiger partial charge in [-0.2, -0.15) is 0 Å². The maximum absolute atomic E-state index is 12.8. The van der Waals surface area contributed by atoms with E-state index in [0.717, 1.165) is 0 Å². The molecule has 148 valence electrons. The molecular weight excluding hydrogens is 386 g/mol. The molecule has 0 bridgehead atoms. The van der Waals surface area contributed by atoms with Crippen LogP contribution in [0.15, 0.2) is 42.7 Å². The molecule has 0 aliphatic rings. The van der Waals surface area contributed by atoms with Gasteiger partial charge >= 0.3 is 5.97 Å². The summed E-state index contributed by atoms with van der Waals surface area (Å²) in [7, 11) is 1.49. The number of methoxy groups -OCH3 is 1. The minimum absolute atomic E-state index is 0. The fourth-order valence-electron chi connectivity index (χ4n) is 2.56. The summed E-state index contributed by atoms with van der Waals surface area (Å²) in [5.41, 5.74) is 7.31. The highest BCUT2D eigenvalue weighted by molar-refractivity contribution is 6.07. The average Bonchev–Trinajstić information content (AvgIpc) is 3.09. The summed E-state index contributed by atoms with van der Waals surface area (Å²) in [5, 5.41) is 0. The summed E-state index contributed by atoms with van der Waals surface area (Å²) in [6.07, 6.45) is 3.21. The Hall–Kier alpha value is -3.26. The number of imidazole rings is 1. The lowest BCUT2D eigenvalue weighted by Gasteiger charge is -2.08. The zero-order valence-electron chi connectivity index (χ0n) is 15.4. The van der Waals surface area contributed by atoms with Crippen LogP contribution in [0.4, 0.5) is 5.69 Å². The summed E-state index contributed by atoms with van der Waals surface area (Å²) in [5.74, 6) is 0.432. The van der Waals surface area contributed by atoms with Crippen molar-refractivity contribution in [3.05, 3.63) is 54.1 Å².